The zero-order chi connectivity index (χ0) is 14.4. The molecule has 2 aromatic rings. The molecular weight excluding hydrogens is 332 g/mol. The fourth-order valence-corrected chi connectivity index (χ4v) is 3.42. The Morgan fingerprint density at radius 1 is 1.20 bits per heavy atom. The first kappa shape index (κ1) is 15.8. The first-order chi connectivity index (χ1) is 9.65. The van der Waals surface area contributed by atoms with Gasteiger partial charge in [0.1, 0.15) is 0 Å². The zero-order valence-electron chi connectivity index (χ0n) is 12.3. The van der Waals surface area contributed by atoms with Crippen molar-refractivity contribution in [3.63, 3.8) is 0 Å². The molecule has 0 amide bonds. The van der Waals surface area contributed by atoms with Gasteiger partial charge in [-0.15, -0.1) is 0 Å². The Bertz CT molecular complexity index is 536. The summed E-state index contributed by atoms with van der Waals surface area (Å²) < 4.78 is 2.33. The number of benzene rings is 1. The van der Waals surface area contributed by atoms with E-state index in [-0.39, 0.29) is 0 Å². The van der Waals surface area contributed by atoms with E-state index in [2.05, 4.69) is 58.3 Å². The molecule has 0 aliphatic carbocycles. The largest absolute Gasteiger partial charge is 0.361 e. The van der Waals surface area contributed by atoms with Crippen LogP contribution in [0.3, 0.4) is 0 Å². The number of halogens is 1. The lowest BCUT2D eigenvalue weighted by Gasteiger charge is -2.04. The summed E-state index contributed by atoms with van der Waals surface area (Å²) in [5.74, 6) is 0.843. The highest BCUT2D eigenvalue weighted by Gasteiger charge is 2.03. The smallest absolute Gasteiger partial charge is 0.183 e. The Balaban J connectivity index is 1.68. The number of aromatic nitrogens is 1. The van der Waals surface area contributed by atoms with E-state index in [1.807, 2.05) is 0 Å². The molecule has 0 spiro atoms. The molecule has 4 heteroatoms. The number of hydrogen-bond donors (Lipinski definition) is 1. The Morgan fingerprint density at radius 3 is 2.80 bits per heavy atom. The van der Waals surface area contributed by atoms with Gasteiger partial charge in [-0.3, -0.25) is 0 Å². The van der Waals surface area contributed by atoms with E-state index in [9.17, 15) is 0 Å². The van der Waals surface area contributed by atoms with Gasteiger partial charge in [0.2, 0.25) is 0 Å². The van der Waals surface area contributed by atoms with Crippen molar-refractivity contribution < 1.29 is 0 Å². The third-order valence-electron chi connectivity index (χ3n) is 3.33. The second kappa shape index (κ2) is 7.99. The number of anilines is 1. The minimum Gasteiger partial charge on any atom is -0.361 e. The lowest BCUT2D eigenvalue weighted by Crippen LogP contribution is -2.00. The van der Waals surface area contributed by atoms with Crippen LogP contribution in [-0.2, 0) is 0 Å². The topological polar surface area (TPSA) is 24.9 Å². The van der Waals surface area contributed by atoms with Gasteiger partial charge in [0, 0.05) is 11.0 Å². The average molecular weight is 355 g/mol. The molecule has 20 heavy (non-hydrogen) atoms. The Kier molecular flexibility index (Phi) is 6.30. The first-order valence-corrected chi connectivity index (χ1v) is 9.06. The second-order valence-corrected chi connectivity index (χ2v) is 7.60. The summed E-state index contributed by atoms with van der Waals surface area (Å²) >= 11 is 5.22. The minimum atomic E-state index is 0.843. The molecular formula is C16H23BrN2S. The molecule has 1 N–H and O–H groups in total. The summed E-state index contributed by atoms with van der Waals surface area (Å²) in [6, 6.07) is 6.26. The monoisotopic (exact) mass is 354 g/mol. The maximum atomic E-state index is 4.61. The summed E-state index contributed by atoms with van der Waals surface area (Å²) in [6.45, 7) is 5.63. The first-order valence-electron chi connectivity index (χ1n) is 7.45. The summed E-state index contributed by atoms with van der Waals surface area (Å²) in [5, 5.41) is 4.49. The zero-order valence-corrected chi connectivity index (χ0v) is 14.7. The maximum absolute atomic E-state index is 4.61. The SMILES string of the molecule is CC(C)CCCCCCNc1nc2cc(Br)ccc2s1. The van der Waals surface area contributed by atoms with E-state index in [0.29, 0.717) is 0 Å². The molecule has 1 heterocycles. The van der Waals surface area contributed by atoms with Crippen molar-refractivity contribution >= 4 is 42.6 Å². The van der Waals surface area contributed by atoms with Gasteiger partial charge in [0.05, 0.1) is 10.2 Å². The molecule has 1 aromatic heterocycles. The van der Waals surface area contributed by atoms with Crippen LogP contribution in [0.2, 0.25) is 0 Å². The lowest BCUT2D eigenvalue weighted by atomic mass is 10.0. The summed E-state index contributed by atoms with van der Waals surface area (Å²) in [5.41, 5.74) is 1.07. The van der Waals surface area contributed by atoms with Gasteiger partial charge in [-0.25, -0.2) is 4.98 Å². The van der Waals surface area contributed by atoms with Crippen LogP contribution in [0, 0.1) is 5.92 Å². The minimum absolute atomic E-state index is 0.843. The van der Waals surface area contributed by atoms with Gasteiger partial charge in [-0.1, -0.05) is 66.8 Å². The van der Waals surface area contributed by atoms with E-state index in [4.69, 9.17) is 0 Å². The van der Waals surface area contributed by atoms with E-state index in [0.717, 1.165) is 27.6 Å². The maximum Gasteiger partial charge on any atom is 0.183 e. The molecule has 0 aliphatic heterocycles. The van der Waals surface area contributed by atoms with Gasteiger partial charge < -0.3 is 5.32 Å². The highest BCUT2D eigenvalue weighted by Crippen LogP contribution is 2.28. The molecule has 0 bridgehead atoms. The fraction of sp³-hybridized carbons (Fsp3) is 0.562. The molecule has 0 atom stereocenters. The third-order valence-corrected chi connectivity index (χ3v) is 4.82. The van der Waals surface area contributed by atoms with Crippen LogP contribution in [0.5, 0.6) is 0 Å². The normalized spacial score (nSPS) is 11.4. The Labute approximate surface area is 134 Å². The van der Waals surface area contributed by atoms with Gasteiger partial charge in [0.15, 0.2) is 5.13 Å². The number of unbranched alkanes of at least 4 members (excludes halogenated alkanes) is 3. The van der Waals surface area contributed by atoms with Gasteiger partial charge in [-0.05, 0) is 30.5 Å². The highest BCUT2D eigenvalue weighted by molar-refractivity contribution is 9.10. The van der Waals surface area contributed by atoms with Crippen LogP contribution < -0.4 is 5.32 Å². The molecule has 1 aromatic carbocycles. The standard InChI is InChI=1S/C16H23BrN2S/c1-12(2)7-5-3-4-6-10-18-16-19-14-11-13(17)8-9-15(14)20-16/h8-9,11-12H,3-7,10H2,1-2H3,(H,18,19). The quantitative estimate of drug-likeness (QED) is 0.581. The molecule has 2 nitrogen and oxygen atoms in total. The molecule has 2 rings (SSSR count). The van der Waals surface area contributed by atoms with E-state index in [1.54, 1.807) is 11.3 Å². The van der Waals surface area contributed by atoms with E-state index < -0.39 is 0 Å². The lowest BCUT2D eigenvalue weighted by molar-refractivity contribution is 0.523. The van der Waals surface area contributed by atoms with Crippen molar-refractivity contribution in [3.05, 3.63) is 22.7 Å². The molecule has 110 valence electrons. The van der Waals surface area contributed by atoms with E-state index >= 15 is 0 Å². The number of fused-ring (bicyclic) bond motifs is 1. The van der Waals surface area contributed by atoms with Gasteiger partial charge >= 0.3 is 0 Å². The number of nitrogens with one attached hydrogen (secondary N) is 1. The van der Waals surface area contributed by atoms with Gasteiger partial charge in [0.25, 0.3) is 0 Å². The second-order valence-electron chi connectivity index (χ2n) is 5.65. The average Bonchev–Trinajstić information content (AvgIpc) is 2.79. The Hall–Kier alpha value is -0.610. The third kappa shape index (κ3) is 5.06. The van der Waals surface area contributed by atoms with Crippen molar-refractivity contribution in [1.82, 2.24) is 4.98 Å². The van der Waals surface area contributed by atoms with E-state index in [1.165, 1.54) is 36.8 Å². The van der Waals surface area contributed by atoms with Crippen molar-refractivity contribution in [3.8, 4) is 0 Å². The Morgan fingerprint density at radius 2 is 2.00 bits per heavy atom. The van der Waals surface area contributed by atoms with Crippen molar-refractivity contribution in [1.29, 1.82) is 0 Å². The van der Waals surface area contributed by atoms with Crippen molar-refractivity contribution in [2.75, 3.05) is 11.9 Å². The summed E-state index contributed by atoms with van der Waals surface area (Å²) in [7, 11) is 0. The predicted molar refractivity (Wildman–Crippen MR) is 93.7 cm³/mol. The molecule has 0 saturated heterocycles. The van der Waals surface area contributed by atoms with Crippen molar-refractivity contribution in [2.24, 2.45) is 5.92 Å². The van der Waals surface area contributed by atoms with Crippen LogP contribution >= 0.6 is 27.3 Å². The summed E-state index contributed by atoms with van der Waals surface area (Å²) in [6.07, 6.45) is 6.63. The van der Waals surface area contributed by atoms with Crippen molar-refractivity contribution in [2.45, 2.75) is 46.0 Å². The predicted octanol–water partition coefficient (Wildman–Crippen LogP) is 6.08. The molecule has 0 aliphatic rings. The van der Waals surface area contributed by atoms with Crippen LogP contribution in [0.4, 0.5) is 5.13 Å². The van der Waals surface area contributed by atoms with Crippen LogP contribution in [0.1, 0.15) is 46.0 Å². The van der Waals surface area contributed by atoms with Crippen LogP contribution in [-0.4, -0.2) is 11.5 Å². The molecule has 0 unspecified atom stereocenters. The van der Waals surface area contributed by atoms with Crippen LogP contribution in [0.15, 0.2) is 22.7 Å². The summed E-state index contributed by atoms with van der Waals surface area (Å²) in [4.78, 5) is 4.61. The number of nitrogens with zero attached hydrogens (tertiary/aromatic N) is 1. The highest BCUT2D eigenvalue weighted by atomic mass is 79.9. The molecule has 0 saturated carbocycles. The van der Waals surface area contributed by atoms with Crippen LogP contribution in [0.25, 0.3) is 10.2 Å². The fourth-order valence-electron chi connectivity index (χ4n) is 2.20. The molecule has 0 fully saturated rings. The van der Waals surface area contributed by atoms with Gasteiger partial charge in [-0.2, -0.15) is 0 Å². The number of thiazole rings is 1. The number of rotatable bonds is 8. The molecule has 0 radical (unpaired) electrons. The number of hydrogen-bond acceptors (Lipinski definition) is 3.